The highest BCUT2D eigenvalue weighted by atomic mass is 16.5. The minimum atomic E-state index is 0.610. The second kappa shape index (κ2) is 7.75. The van der Waals surface area contributed by atoms with Gasteiger partial charge in [0.05, 0.1) is 34.7 Å². The number of benzene rings is 3. The molecule has 0 amide bonds. The highest BCUT2D eigenvalue weighted by Gasteiger charge is 2.08. The number of pyridine rings is 1. The molecule has 0 bridgehead atoms. The predicted octanol–water partition coefficient (Wildman–Crippen LogP) is 5.85. The van der Waals surface area contributed by atoms with E-state index in [1.807, 2.05) is 86.6 Å². The van der Waals surface area contributed by atoms with Gasteiger partial charge in [-0.25, -0.2) is 4.98 Å². The van der Waals surface area contributed by atoms with Crippen molar-refractivity contribution in [3.05, 3.63) is 60.7 Å². The molecule has 6 heteroatoms. The molecule has 1 aromatic heterocycles. The first kappa shape index (κ1) is 18.7. The summed E-state index contributed by atoms with van der Waals surface area (Å²) < 4.78 is 5.58. The monoisotopic (exact) mass is 385 g/mol. The Labute approximate surface area is 169 Å². The van der Waals surface area contributed by atoms with E-state index in [1.165, 1.54) is 0 Å². The standard InChI is InChI=1S/C23H23N5O/c1-4-29-18-10-12-21-20(14-18)23(24)19-11-7-16(13-22(19)25-21)27-26-15-5-8-17(9-6-15)28(2)3/h5-14H,4H2,1-3H3,(H2,24,25). The number of hydrogen-bond acceptors (Lipinski definition) is 6. The van der Waals surface area contributed by atoms with Crippen molar-refractivity contribution in [3.63, 3.8) is 0 Å². The maximum Gasteiger partial charge on any atom is 0.120 e. The Morgan fingerprint density at radius 3 is 2.31 bits per heavy atom. The van der Waals surface area contributed by atoms with Crippen LogP contribution in [0.1, 0.15) is 6.92 Å². The van der Waals surface area contributed by atoms with E-state index in [2.05, 4.69) is 10.2 Å². The molecule has 29 heavy (non-hydrogen) atoms. The summed E-state index contributed by atoms with van der Waals surface area (Å²) in [6, 6.07) is 19.4. The lowest BCUT2D eigenvalue weighted by Gasteiger charge is -2.11. The zero-order valence-corrected chi connectivity index (χ0v) is 16.8. The topological polar surface area (TPSA) is 76.1 Å². The van der Waals surface area contributed by atoms with Crippen molar-refractivity contribution < 1.29 is 4.74 Å². The van der Waals surface area contributed by atoms with E-state index < -0.39 is 0 Å². The maximum absolute atomic E-state index is 6.42. The van der Waals surface area contributed by atoms with Gasteiger partial charge < -0.3 is 15.4 Å². The molecule has 0 aliphatic heterocycles. The minimum absolute atomic E-state index is 0.610. The Morgan fingerprint density at radius 2 is 1.59 bits per heavy atom. The van der Waals surface area contributed by atoms with Crippen LogP contribution in [0.3, 0.4) is 0 Å². The van der Waals surface area contributed by atoms with Crippen LogP contribution in [0.25, 0.3) is 21.8 Å². The highest BCUT2D eigenvalue weighted by molar-refractivity contribution is 6.07. The normalized spacial score (nSPS) is 11.4. The molecule has 6 nitrogen and oxygen atoms in total. The first-order valence-corrected chi connectivity index (χ1v) is 9.50. The summed E-state index contributed by atoms with van der Waals surface area (Å²) in [4.78, 5) is 6.79. The SMILES string of the molecule is CCOc1ccc2nc3cc(N=Nc4ccc(N(C)C)cc4)ccc3c(N)c2c1. The van der Waals surface area contributed by atoms with E-state index in [1.54, 1.807) is 0 Å². The van der Waals surface area contributed by atoms with Gasteiger partial charge in [-0.05, 0) is 67.6 Å². The number of aromatic nitrogens is 1. The van der Waals surface area contributed by atoms with Crippen molar-refractivity contribution in [2.75, 3.05) is 31.3 Å². The summed E-state index contributed by atoms with van der Waals surface area (Å²) in [6.07, 6.45) is 0. The van der Waals surface area contributed by atoms with Crippen molar-refractivity contribution in [1.29, 1.82) is 0 Å². The number of nitrogens with zero attached hydrogens (tertiary/aromatic N) is 4. The van der Waals surface area contributed by atoms with E-state index in [-0.39, 0.29) is 0 Å². The average Bonchev–Trinajstić information content (AvgIpc) is 2.73. The molecule has 4 aromatic rings. The van der Waals surface area contributed by atoms with Gasteiger partial charge in [0.15, 0.2) is 0 Å². The number of fused-ring (bicyclic) bond motifs is 2. The molecular formula is C23H23N5O. The Balaban J connectivity index is 1.68. The lowest BCUT2D eigenvalue weighted by molar-refractivity contribution is 0.341. The molecule has 0 aliphatic rings. The van der Waals surface area contributed by atoms with E-state index in [0.717, 1.165) is 44.6 Å². The number of nitrogen functional groups attached to an aromatic ring is 1. The maximum atomic E-state index is 6.42. The van der Waals surface area contributed by atoms with Crippen molar-refractivity contribution >= 4 is 44.6 Å². The van der Waals surface area contributed by atoms with Gasteiger partial charge >= 0.3 is 0 Å². The summed E-state index contributed by atoms with van der Waals surface area (Å²) in [5, 5.41) is 10.5. The molecule has 0 saturated carbocycles. The Morgan fingerprint density at radius 1 is 0.862 bits per heavy atom. The van der Waals surface area contributed by atoms with Gasteiger partial charge in [0.25, 0.3) is 0 Å². The molecule has 0 unspecified atom stereocenters. The average molecular weight is 385 g/mol. The molecule has 2 N–H and O–H groups in total. The first-order chi connectivity index (χ1) is 14.0. The molecule has 4 rings (SSSR count). The molecule has 0 atom stereocenters. The van der Waals surface area contributed by atoms with E-state index in [0.29, 0.717) is 12.3 Å². The summed E-state index contributed by atoms with van der Waals surface area (Å²) >= 11 is 0. The molecule has 0 radical (unpaired) electrons. The molecule has 3 aromatic carbocycles. The van der Waals surface area contributed by atoms with Crippen LogP contribution in [0, 0.1) is 0 Å². The van der Waals surface area contributed by atoms with Crippen LogP contribution >= 0.6 is 0 Å². The quantitative estimate of drug-likeness (QED) is 0.345. The first-order valence-electron chi connectivity index (χ1n) is 9.50. The number of hydrogen-bond donors (Lipinski definition) is 1. The predicted molar refractivity (Wildman–Crippen MR) is 120 cm³/mol. The fraction of sp³-hybridized carbons (Fsp3) is 0.174. The van der Waals surface area contributed by atoms with Crippen LogP contribution in [-0.4, -0.2) is 25.7 Å². The van der Waals surface area contributed by atoms with Crippen LogP contribution < -0.4 is 15.4 Å². The van der Waals surface area contributed by atoms with Crippen LogP contribution in [0.4, 0.5) is 22.7 Å². The smallest absolute Gasteiger partial charge is 0.120 e. The van der Waals surface area contributed by atoms with Gasteiger partial charge in [0.1, 0.15) is 5.75 Å². The van der Waals surface area contributed by atoms with Crippen LogP contribution in [0.2, 0.25) is 0 Å². The van der Waals surface area contributed by atoms with Gasteiger partial charge in [0.2, 0.25) is 0 Å². The lowest BCUT2D eigenvalue weighted by Crippen LogP contribution is -2.07. The lowest BCUT2D eigenvalue weighted by atomic mass is 10.1. The molecule has 0 saturated heterocycles. The fourth-order valence-corrected chi connectivity index (χ4v) is 3.20. The number of azo groups is 1. The third kappa shape index (κ3) is 3.82. The third-order valence-electron chi connectivity index (χ3n) is 4.73. The molecule has 0 fully saturated rings. The Bertz CT molecular complexity index is 1200. The Kier molecular flexibility index (Phi) is 4.99. The van der Waals surface area contributed by atoms with E-state index >= 15 is 0 Å². The van der Waals surface area contributed by atoms with E-state index in [4.69, 9.17) is 15.5 Å². The highest BCUT2D eigenvalue weighted by Crippen LogP contribution is 2.33. The van der Waals surface area contributed by atoms with Crippen molar-refractivity contribution in [3.8, 4) is 5.75 Å². The van der Waals surface area contributed by atoms with Crippen LogP contribution in [0.15, 0.2) is 70.9 Å². The van der Waals surface area contributed by atoms with Gasteiger partial charge in [-0.3, -0.25) is 0 Å². The number of rotatable bonds is 5. The summed E-state index contributed by atoms with van der Waals surface area (Å²) in [5.74, 6) is 0.790. The summed E-state index contributed by atoms with van der Waals surface area (Å²) in [6.45, 7) is 2.57. The van der Waals surface area contributed by atoms with Crippen LogP contribution in [0.5, 0.6) is 5.75 Å². The number of nitrogens with two attached hydrogens (primary N) is 1. The van der Waals surface area contributed by atoms with Crippen molar-refractivity contribution in [2.24, 2.45) is 10.2 Å². The second-order valence-corrected chi connectivity index (χ2v) is 6.95. The van der Waals surface area contributed by atoms with Crippen LogP contribution in [-0.2, 0) is 0 Å². The summed E-state index contributed by atoms with van der Waals surface area (Å²) in [5.41, 5.74) is 11.4. The largest absolute Gasteiger partial charge is 0.494 e. The van der Waals surface area contributed by atoms with Crippen molar-refractivity contribution in [1.82, 2.24) is 4.98 Å². The summed E-state index contributed by atoms with van der Waals surface area (Å²) in [7, 11) is 4.01. The van der Waals surface area contributed by atoms with Gasteiger partial charge in [-0.15, -0.1) is 0 Å². The molecule has 1 heterocycles. The number of anilines is 2. The number of ether oxygens (including phenoxy) is 1. The molecule has 0 spiro atoms. The zero-order valence-electron chi connectivity index (χ0n) is 16.8. The molecule has 146 valence electrons. The molecular weight excluding hydrogens is 362 g/mol. The van der Waals surface area contributed by atoms with E-state index in [9.17, 15) is 0 Å². The van der Waals surface area contributed by atoms with Crippen molar-refractivity contribution in [2.45, 2.75) is 6.92 Å². The Hall–Kier alpha value is -3.67. The second-order valence-electron chi connectivity index (χ2n) is 6.95. The van der Waals surface area contributed by atoms with Gasteiger partial charge in [-0.2, -0.15) is 10.2 Å². The zero-order chi connectivity index (χ0) is 20.4. The van der Waals surface area contributed by atoms with Gasteiger partial charge in [0, 0.05) is 30.6 Å². The van der Waals surface area contributed by atoms with Gasteiger partial charge in [-0.1, -0.05) is 0 Å². The minimum Gasteiger partial charge on any atom is -0.494 e. The molecule has 0 aliphatic carbocycles. The third-order valence-corrected chi connectivity index (χ3v) is 4.73. The fourth-order valence-electron chi connectivity index (χ4n) is 3.20.